The maximum Gasteiger partial charge on any atom is 0.170 e. The Bertz CT molecular complexity index is 650. The average molecular weight is 335 g/mol. The molecular formula is C17H19F2N3S. The number of hydrogen-bond donors (Lipinski definition) is 2. The van der Waals surface area contributed by atoms with E-state index in [1.165, 1.54) is 6.07 Å². The van der Waals surface area contributed by atoms with Crippen LogP contribution in [0.2, 0.25) is 0 Å². The van der Waals surface area contributed by atoms with Crippen molar-refractivity contribution in [3.63, 3.8) is 0 Å². The highest BCUT2D eigenvalue weighted by atomic mass is 32.1. The summed E-state index contributed by atoms with van der Waals surface area (Å²) >= 11 is 5.13. The summed E-state index contributed by atoms with van der Waals surface area (Å²) in [6.07, 6.45) is 0.894. The molecular weight excluding hydrogens is 316 g/mol. The molecule has 0 aliphatic rings. The number of nitrogens with one attached hydrogen (secondary N) is 2. The lowest BCUT2D eigenvalue weighted by Gasteiger charge is -2.19. The highest BCUT2D eigenvalue weighted by molar-refractivity contribution is 7.80. The van der Waals surface area contributed by atoms with Crippen molar-refractivity contribution in [1.82, 2.24) is 5.32 Å². The van der Waals surface area contributed by atoms with E-state index in [1.807, 2.05) is 25.2 Å². The van der Waals surface area contributed by atoms with Crippen molar-refractivity contribution in [3.05, 3.63) is 60.2 Å². The van der Waals surface area contributed by atoms with Crippen molar-refractivity contribution in [1.29, 1.82) is 0 Å². The molecule has 2 aromatic carbocycles. The monoisotopic (exact) mass is 335 g/mol. The lowest BCUT2D eigenvalue weighted by Crippen LogP contribution is -2.31. The summed E-state index contributed by atoms with van der Waals surface area (Å²) in [7, 11) is 2.03. The number of thiocarbonyl (C=S) groups is 1. The van der Waals surface area contributed by atoms with Gasteiger partial charge in [-0.05, 0) is 42.9 Å². The van der Waals surface area contributed by atoms with Crippen LogP contribution in [0.4, 0.5) is 20.2 Å². The van der Waals surface area contributed by atoms with Crippen LogP contribution in [-0.4, -0.2) is 25.2 Å². The minimum absolute atomic E-state index is 0.387. The Morgan fingerprint density at radius 3 is 2.52 bits per heavy atom. The maximum absolute atomic E-state index is 13.1. The highest BCUT2D eigenvalue weighted by Gasteiger charge is 2.04. The summed E-state index contributed by atoms with van der Waals surface area (Å²) in [5, 5.41) is 6.27. The van der Waals surface area contributed by atoms with Gasteiger partial charge in [-0.3, -0.25) is 0 Å². The van der Waals surface area contributed by atoms with Gasteiger partial charge in [0.15, 0.2) is 16.7 Å². The number of para-hydroxylation sites is 1. The number of anilines is 2. The van der Waals surface area contributed by atoms with E-state index < -0.39 is 11.6 Å². The Balaban J connectivity index is 1.69. The van der Waals surface area contributed by atoms with Gasteiger partial charge in [-0.15, -0.1) is 0 Å². The quantitative estimate of drug-likeness (QED) is 0.621. The zero-order valence-corrected chi connectivity index (χ0v) is 13.7. The summed E-state index contributed by atoms with van der Waals surface area (Å²) in [5.41, 5.74) is 1.58. The van der Waals surface area contributed by atoms with Gasteiger partial charge >= 0.3 is 0 Å². The molecule has 3 nitrogen and oxygen atoms in total. The molecule has 2 rings (SSSR count). The molecule has 0 unspecified atom stereocenters. The van der Waals surface area contributed by atoms with E-state index in [0.717, 1.165) is 30.8 Å². The van der Waals surface area contributed by atoms with Crippen LogP contribution in [0.5, 0.6) is 0 Å². The number of benzene rings is 2. The van der Waals surface area contributed by atoms with Crippen molar-refractivity contribution in [2.75, 3.05) is 30.4 Å². The van der Waals surface area contributed by atoms with E-state index in [0.29, 0.717) is 17.3 Å². The minimum Gasteiger partial charge on any atom is -0.375 e. The summed E-state index contributed by atoms with van der Waals surface area (Å²) in [6, 6.07) is 13.7. The van der Waals surface area contributed by atoms with Gasteiger partial charge in [-0.25, -0.2) is 8.78 Å². The predicted molar refractivity (Wildman–Crippen MR) is 94.9 cm³/mol. The molecule has 0 aliphatic heterocycles. The summed E-state index contributed by atoms with van der Waals surface area (Å²) in [4.78, 5) is 2.16. The molecule has 0 saturated carbocycles. The number of nitrogens with zero attached hydrogens (tertiary/aromatic N) is 1. The normalized spacial score (nSPS) is 10.2. The van der Waals surface area contributed by atoms with Crippen LogP contribution in [0.15, 0.2) is 48.5 Å². The number of halogens is 2. The van der Waals surface area contributed by atoms with Crippen LogP contribution in [-0.2, 0) is 0 Å². The second kappa shape index (κ2) is 8.43. The topological polar surface area (TPSA) is 27.3 Å². The molecule has 2 N–H and O–H groups in total. The van der Waals surface area contributed by atoms with Crippen LogP contribution in [0, 0.1) is 11.6 Å². The Morgan fingerprint density at radius 1 is 1.09 bits per heavy atom. The molecule has 0 aromatic heterocycles. The van der Waals surface area contributed by atoms with E-state index >= 15 is 0 Å². The van der Waals surface area contributed by atoms with E-state index in [4.69, 9.17) is 12.2 Å². The minimum atomic E-state index is -0.901. The Hall–Kier alpha value is -2.21. The molecule has 0 fully saturated rings. The van der Waals surface area contributed by atoms with Gasteiger partial charge in [0.1, 0.15) is 0 Å². The van der Waals surface area contributed by atoms with Crippen molar-refractivity contribution >= 4 is 28.7 Å². The second-order valence-electron chi connectivity index (χ2n) is 5.12. The number of hydrogen-bond acceptors (Lipinski definition) is 2. The largest absolute Gasteiger partial charge is 0.375 e. The molecule has 0 heterocycles. The van der Waals surface area contributed by atoms with Crippen LogP contribution >= 0.6 is 12.2 Å². The molecule has 0 aliphatic carbocycles. The zero-order chi connectivity index (χ0) is 16.7. The third-order valence-corrected chi connectivity index (χ3v) is 3.58. The molecule has 0 atom stereocenters. The van der Waals surface area contributed by atoms with Crippen LogP contribution in [0.3, 0.4) is 0 Å². The molecule has 0 amide bonds. The fraction of sp³-hybridized carbons (Fsp3) is 0.235. The molecule has 23 heavy (non-hydrogen) atoms. The lowest BCUT2D eigenvalue weighted by molar-refractivity contribution is 0.509. The Labute approximate surface area is 140 Å². The Kier molecular flexibility index (Phi) is 6.29. The molecule has 122 valence electrons. The van der Waals surface area contributed by atoms with Crippen molar-refractivity contribution in [2.24, 2.45) is 0 Å². The van der Waals surface area contributed by atoms with E-state index in [1.54, 1.807) is 0 Å². The first-order valence-corrected chi connectivity index (χ1v) is 7.73. The Morgan fingerprint density at radius 2 is 1.83 bits per heavy atom. The third kappa shape index (κ3) is 5.49. The second-order valence-corrected chi connectivity index (χ2v) is 5.53. The fourth-order valence-electron chi connectivity index (χ4n) is 2.08. The lowest BCUT2D eigenvalue weighted by atomic mass is 10.3. The fourth-order valence-corrected chi connectivity index (χ4v) is 2.30. The van der Waals surface area contributed by atoms with Gasteiger partial charge < -0.3 is 15.5 Å². The first kappa shape index (κ1) is 17.1. The van der Waals surface area contributed by atoms with E-state index in [9.17, 15) is 8.78 Å². The third-order valence-electron chi connectivity index (χ3n) is 3.33. The van der Waals surface area contributed by atoms with Gasteiger partial charge in [-0.1, -0.05) is 18.2 Å². The molecule has 0 radical (unpaired) electrons. The molecule has 0 spiro atoms. The predicted octanol–water partition coefficient (Wildman–Crippen LogP) is 3.78. The van der Waals surface area contributed by atoms with Gasteiger partial charge in [-0.2, -0.15) is 0 Å². The SMILES string of the molecule is CN(CCCNC(=S)Nc1ccc(F)c(F)c1)c1ccccc1. The first-order chi connectivity index (χ1) is 11.1. The smallest absolute Gasteiger partial charge is 0.170 e. The summed E-state index contributed by atoms with van der Waals surface area (Å²) in [6.45, 7) is 1.57. The van der Waals surface area contributed by atoms with Gasteiger partial charge in [0.05, 0.1) is 0 Å². The van der Waals surface area contributed by atoms with Gasteiger partial charge in [0.25, 0.3) is 0 Å². The zero-order valence-electron chi connectivity index (χ0n) is 12.9. The van der Waals surface area contributed by atoms with Crippen molar-refractivity contribution in [3.8, 4) is 0 Å². The summed E-state index contributed by atoms with van der Waals surface area (Å²) in [5.74, 6) is -1.78. The molecule has 0 bridgehead atoms. The van der Waals surface area contributed by atoms with E-state index in [-0.39, 0.29) is 0 Å². The van der Waals surface area contributed by atoms with Crippen molar-refractivity contribution in [2.45, 2.75) is 6.42 Å². The molecule has 6 heteroatoms. The maximum atomic E-state index is 13.1. The van der Waals surface area contributed by atoms with Crippen LogP contribution in [0.1, 0.15) is 6.42 Å². The van der Waals surface area contributed by atoms with Gasteiger partial charge in [0.2, 0.25) is 0 Å². The highest BCUT2D eigenvalue weighted by Crippen LogP contribution is 2.13. The molecule has 0 saturated heterocycles. The number of rotatable bonds is 6. The average Bonchev–Trinajstić information content (AvgIpc) is 2.55. The van der Waals surface area contributed by atoms with Crippen LogP contribution in [0.25, 0.3) is 0 Å². The van der Waals surface area contributed by atoms with Gasteiger partial charge in [0, 0.05) is 37.6 Å². The molecule has 2 aromatic rings. The standard InChI is InChI=1S/C17H19F2N3S/c1-22(14-6-3-2-4-7-14)11-5-10-20-17(23)21-13-8-9-15(18)16(19)12-13/h2-4,6-9,12H,5,10-11H2,1H3,(H2,20,21,23). The summed E-state index contributed by atoms with van der Waals surface area (Å²) < 4.78 is 25.9. The van der Waals surface area contributed by atoms with E-state index in [2.05, 4.69) is 27.7 Å². The van der Waals surface area contributed by atoms with Crippen LogP contribution < -0.4 is 15.5 Å². The van der Waals surface area contributed by atoms with Crippen molar-refractivity contribution < 1.29 is 8.78 Å². The first-order valence-electron chi connectivity index (χ1n) is 7.32.